The van der Waals surface area contributed by atoms with E-state index in [-0.39, 0.29) is 5.92 Å². The maximum absolute atomic E-state index is 13.6. The van der Waals surface area contributed by atoms with Crippen molar-refractivity contribution in [3.63, 3.8) is 0 Å². The number of pyridine rings is 1. The van der Waals surface area contributed by atoms with Crippen LogP contribution in [0.1, 0.15) is 49.1 Å². The summed E-state index contributed by atoms with van der Waals surface area (Å²) in [6.07, 6.45) is 8.93. The van der Waals surface area contributed by atoms with Gasteiger partial charge in [0.2, 0.25) is 0 Å². The van der Waals surface area contributed by atoms with Gasteiger partial charge in [-0.05, 0) is 99.0 Å². The van der Waals surface area contributed by atoms with E-state index >= 15 is 0 Å². The molecule has 1 saturated heterocycles. The molecule has 2 aromatic heterocycles. The van der Waals surface area contributed by atoms with Gasteiger partial charge >= 0.3 is 0 Å². The van der Waals surface area contributed by atoms with Gasteiger partial charge in [-0.3, -0.25) is 4.98 Å². The maximum Gasteiger partial charge on any atom is 0.252 e. The molecule has 1 aliphatic rings. The van der Waals surface area contributed by atoms with Gasteiger partial charge in [0, 0.05) is 19.8 Å². The first kappa shape index (κ1) is 29.6. The van der Waals surface area contributed by atoms with Crippen LogP contribution in [0.5, 0.6) is 0 Å². The second-order valence-electron chi connectivity index (χ2n) is 11.2. The Morgan fingerprint density at radius 2 is 1.63 bits per heavy atom. The van der Waals surface area contributed by atoms with Crippen LogP contribution in [0.2, 0.25) is 0 Å². The Morgan fingerprint density at radius 1 is 0.927 bits per heavy atom. The Balaban J connectivity index is 1.15. The zero-order valence-electron chi connectivity index (χ0n) is 23.9. The third kappa shape index (κ3) is 8.13. The summed E-state index contributed by atoms with van der Waals surface area (Å²) < 4.78 is 29.0. The molecule has 2 aromatic carbocycles. The van der Waals surface area contributed by atoms with Gasteiger partial charge in [-0.2, -0.15) is 4.31 Å². The molecular formula is C34H41N3O2S2. The van der Waals surface area contributed by atoms with Crippen molar-refractivity contribution in [2.75, 3.05) is 33.2 Å². The Morgan fingerprint density at radius 3 is 2.34 bits per heavy atom. The van der Waals surface area contributed by atoms with Crippen molar-refractivity contribution in [1.29, 1.82) is 0 Å². The van der Waals surface area contributed by atoms with Crippen LogP contribution in [0.3, 0.4) is 0 Å². The van der Waals surface area contributed by atoms with E-state index in [2.05, 4.69) is 64.5 Å². The van der Waals surface area contributed by atoms with Gasteiger partial charge in [0.25, 0.3) is 10.0 Å². The van der Waals surface area contributed by atoms with Crippen molar-refractivity contribution in [3.8, 4) is 10.6 Å². The van der Waals surface area contributed by atoms with Crippen LogP contribution in [-0.2, 0) is 16.4 Å². The Kier molecular flexibility index (Phi) is 10.4. The molecule has 0 aliphatic carbocycles. The smallest absolute Gasteiger partial charge is 0.252 e. The van der Waals surface area contributed by atoms with Crippen molar-refractivity contribution >= 4 is 21.4 Å². The first-order chi connectivity index (χ1) is 20.0. The van der Waals surface area contributed by atoms with Crippen LogP contribution in [0.25, 0.3) is 10.6 Å². The van der Waals surface area contributed by atoms with Crippen LogP contribution < -0.4 is 0 Å². The minimum atomic E-state index is -3.60. The fourth-order valence-corrected chi connectivity index (χ4v) is 8.54. The van der Waals surface area contributed by atoms with E-state index in [0.717, 1.165) is 42.5 Å². The molecule has 0 bridgehead atoms. The lowest BCUT2D eigenvalue weighted by Gasteiger charge is -2.33. The summed E-state index contributed by atoms with van der Waals surface area (Å²) in [6.45, 7) is 3.72. The average molecular weight is 588 g/mol. The van der Waals surface area contributed by atoms with Gasteiger partial charge in [-0.25, -0.2) is 8.42 Å². The fourth-order valence-electron chi connectivity index (χ4n) is 5.83. The molecule has 0 N–H and O–H groups in total. The van der Waals surface area contributed by atoms with Crippen LogP contribution in [0.4, 0.5) is 0 Å². The lowest BCUT2D eigenvalue weighted by Crippen LogP contribution is -2.36. The van der Waals surface area contributed by atoms with Gasteiger partial charge in [-0.1, -0.05) is 73.2 Å². The lowest BCUT2D eigenvalue weighted by molar-refractivity contribution is 0.171. The van der Waals surface area contributed by atoms with Crippen LogP contribution in [0, 0.1) is 5.92 Å². The highest BCUT2D eigenvalue weighted by atomic mass is 32.2. The number of hydrogen-bond donors (Lipinski definition) is 0. The molecule has 0 spiro atoms. The quantitative estimate of drug-likeness (QED) is 0.164. The van der Waals surface area contributed by atoms with E-state index < -0.39 is 10.0 Å². The largest absolute Gasteiger partial charge is 0.303 e. The zero-order valence-corrected chi connectivity index (χ0v) is 25.6. The summed E-state index contributed by atoms with van der Waals surface area (Å²) >= 11 is 1.28. The standard InChI is InChI=1S/C34H41N3O2S2/c1-36(41(38,39)34-19-18-33(40-34)32-17-8-9-23-35-32)27-31(30-15-6-3-7-16-30)22-26-37-24-20-29(21-25-37)14-10-13-28-11-4-2-5-12-28/h2-9,11-12,15-19,23,29,31H,10,13-14,20-22,24-27H2,1H3/t31-/m1/s1. The monoisotopic (exact) mass is 587 g/mol. The third-order valence-electron chi connectivity index (χ3n) is 8.33. The van der Waals surface area contributed by atoms with Crippen LogP contribution in [0.15, 0.2) is 101 Å². The van der Waals surface area contributed by atoms with Crippen molar-refractivity contribution < 1.29 is 8.42 Å². The number of rotatable bonds is 13. The number of benzene rings is 2. The number of aryl methyl sites for hydroxylation is 1. The molecule has 1 atom stereocenters. The summed E-state index contributed by atoms with van der Waals surface area (Å²) in [6, 6.07) is 30.5. The fraction of sp³-hybridized carbons (Fsp3) is 0.382. The molecule has 5 nitrogen and oxygen atoms in total. The number of nitrogens with zero attached hydrogens (tertiary/aromatic N) is 3. The molecule has 216 valence electrons. The molecular weight excluding hydrogens is 547 g/mol. The maximum atomic E-state index is 13.6. The highest BCUT2D eigenvalue weighted by molar-refractivity contribution is 7.91. The van der Waals surface area contributed by atoms with E-state index in [0.29, 0.717) is 10.8 Å². The summed E-state index contributed by atoms with van der Waals surface area (Å²) in [7, 11) is -1.88. The molecule has 1 fully saturated rings. The Labute approximate surface area is 249 Å². The average Bonchev–Trinajstić information content (AvgIpc) is 3.53. The number of piperidine rings is 1. The minimum Gasteiger partial charge on any atom is -0.303 e. The van der Waals surface area contributed by atoms with Gasteiger partial charge in [0.05, 0.1) is 10.6 Å². The predicted octanol–water partition coefficient (Wildman–Crippen LogP) is 7.34. The number of hydrogen-bond acceptors (Lipinski definition) is 5. The second kappa shape index (κ2) is 14.4. The first-order valence-electron chi connectivity index (χ1n) is 14.8. The number of aromatic nitrogens is 1. The predicted molar refractivity (Wildman–Crippen MR) is 170 cm³/mol. The van der Waals surface area contributed by atoms with E-state index in [1.165, 1.54) is 58.9 Å². The summed E-state index contributed by atoms with van der Waals surface area (Å²) in [5, 5.41) is 0. The van der Waals surface area contributed by atoms with E-state index in [9.17, 15) is 8.42 Å². The van der Waals surface area contributed by atoms with Gasteiger partial charge in [0.15, 0.2) is 0 Å². The number of likely N-dealkylation sites (N-methyl/N-ethyl adjacent to an activating group) is 1. The number of thiophene rings is 1. The van der Waals surface area contributed by atoms with Crippen molar-refractivity contribution in [1.82, 2.24) is 14.2 Å². The van der Waals surface area contributed by atoms with Crippen molar-refractivity contribution in [2.24, 2.45) is 5.92 Å². The number of likely N-dealkylation sites (tertiary alicyclic amines) is 1. The Hall–Kier alpha value is -2.84. The summed E-state index contributed by atoms with van der Waals surface area (Å²) in [4.78, 5) is 7.82. The van der Waals surface area contributed by atoms with Crippen molar-refractivity contribution in [2.45, 2.75) is 48.7 Å². The molecule has 0 radical (unpaired) electrons. The molecule has 7 heteroatoms. The molecule has 3 heterocycles. The Bertz CT molecular complexity index is 1440. The highest BCUT2D eigenvalue weighted by Crippen LogP contribution is 2.32. The van der Waals surface area contributed by atoms with Crippen molar-refractivity contribution in [3.05, 3.63) is 108 Å². The first-order valence-corrected chi connectivity index (χ1v) is 17.0. The van der Waals surface area contributed by atoms with Gasteiger partial charge < -0.3 is 4.90 Å². The SMILES string of the molecule is CN(C[C@@H](CCN1CCC(CCCc2ccccc2)CC1)c1ccccc1)S(=O)(=O)c1ccc(-c2ccccn2)s1. The molecule has 4 aromatic rings. The molecule has 1 aliphatic heterocycles. The topological polar surface area (TPSA) is 53.5 Å². The minimum absolute atomic E-state index is 0.134. The van der Waals surface area contributed by atoms with Crippen LogP contribution >= 0.6 is 11.3 Å². The molecule has 5 rings (SSSR count). The molecule has 0 amide bonds. The third-order valence-corrected chi connectivity index (χ3v) is 11.7. The van der Waals surface area contributed by atoms with E-state index in [1.54, 1.807) is 19.3 Å². The number of sulfonamides is 1. The normalized spacial score (nSPS) is 15.8. The zero-order chi connectivity index (χ0) is 28.5. The molecule has 41 heavy (non-hydrogen) atoms. The van der Waals surface area contributed by atoms with E-state index in [1.807, 2.05) is 30.3 Å². The highest BCUT2D eigenvalue weighted by Gasteiger charge is 2.27. The van der Waals surface area contributed by atoms with E-state index in [4.69, 9.17) is 0 Å². The van der Waals surface area contributed by atoms with Crippen LogP contribution in [-0.4, -0.2) is 55.8 Å². The summed E-state index contributed by atoms with van der Waals surface area (Å²) in [5.74, 6) is 0.952. The lowest BCUT2D eigenvalue weighted by atomic mass is 9.90. The summed E-state index contributed by atoms with van der Waals surface area (Å²) in [5.41, 5.74) is 3.44. The van der Waals surface area contributed by atoms with Gasteiger partial charge in [0.1, 0.15) is 4.21 Å². The molecule has 0 unspecified atom stereocenters. The van der Waals surface area contributed by atoms with Gasteiger partial charge in [-0.15, -0.1) is 11.3 Å². The second-order valence-corrected chi connectivity index (χ2v) is 14.5. The molecule has 0 saturated carbocycles.